The van der Waals surface area contributed by atoms with Crippen LogP contribution in [0.15, 0.2) is 35.8 Å². The van der Waals surface area contributed by atoms with Crippen LogP contribution >= 0.6 is 11.3 Å². The van der Waals surface area contributed by atoms with Gasteiger partial charge < -0.3 is 10.2 Å². The molecule has 1 aliphatic heterocycles. The summed E-state index contributed by atoms with van der Waals surface area (Å²) in [6.07, 6.45) is 7.25. The molecule has 2 aromatic rings. The molecule has 2 aromatic heterocycles. The summed E-state index contributed by atoms with van der Waals surface area (Å²) in [4.78, 5) is 8.39. The van der Waals surface area contributed by atoms with E-state index in [1.165, 1.54) is 36.1 Å². The Morgan fingerprint density at radius 1 is 1.10 bits per heavy atom. The number of aromatic nitrogens is 1. The van der Waals surface area contributed by atoms with E-state index in [4.69, 9.17) is 0 Å². The third-order valence-electron chi connectivity index (χ3n) is 3.95. The Labute approximate surface area is 131 Å². The van der Waals surface area contributed by atoms with E-state index in [1.807, 2.05) is 6.20 Å². The van der Waals surface area contributed by atoms with Crippen molar-refractivity contribution in [3.63, 3.8) is 0 Å². The van der Waals surface area contributed by atoms with Crippen LogP contribution < -0.4 is 10.2 Å². The maximum atomic E-state index is 4.56. The summed E-state index contributed by atoms with van der Waals surface area (Å²) in [5, 5.41) is 5.64. The number of nitrogens with zero attached hydrogens (tertiary/aromatic N) is 2. The van der Waals surface area contributed by atoms with Crippen molar-refractivity contribution in [2.45, 2.75) is 38.8 Å². The first-order chi connectivity index (χ1) is 10.4. The Bertz CT molecular complexity index is 531. The van der Waals surface area contributed by atoms with Crippen molar-refractivity contribution in [1.29, 1.82) is 0 Å². The fraction of sp³-hybridized carbons (Fsp3) is 0.471. The molecular weight excluding hydrogens is 278 g/mol. The van der Waals surface area contributed by atoms with E-state index >= 15 is 0 Å². The zero-order valence-electron chi connectivity index (χ0n) is 12.4. The van der Waals surface area contributed by atoms with E-state index in [0.717, 1.165) is 32.0 Å². The largest absolute Gasteiger partial charge is 0.357 e. The molecule has 1 saturated heterocycles. The highest BCUT2D eigenvalue weighted by Gasteiger charge is 2.11. The molecule has 0 unspecified atom stereocenters. The summed E-state index contributed by atoms with van der Waals surface area (Å²) in [5.74, 6) is 1.15. The molecule has 0 saturated carbocycles. The minimum atomic E-state index is 0.904. The first kappa shape index (κ1) is 14.5. The Kier molecular flexibility index (Phi) is 5.24. The molecule has 1 aliphatic rings. The maximum Gasteiger partial charge on any atom is 0.128 e. The molecule has 4 heteroatoms. The molecule has 3 rings (SSSR count). The highest BCUT2D eigenvalue weighted by Crippen LogP contribution is 2.18. The van der Waals surface area contributed by atoms with Gasteiger partial charge in [-0.1, -0.05) is 18.9 Å². The highest BCUT2D eigenvalue weighted by molar-refractivity contribution is 7.09. The summed E-state index contributed by atoms with van der Waals surface area (Å²) < 4.78 is 0. The topological polar surface area (TPSA) is 28.2 Å². The van der Waals surface area contributed by atoms with Crippen LogP contribution in [0.5, 0.6) is 0 Å². The number of anilines is 1. The van der Waals surface area contributed by atoms with Gasteiger partial charge >= 0.3 is 0 Å². The lowest BCUT2D eigenvalue weighted by Gasteiger charge is -2.21. The normalized spacial score (nSPS) is 15.9. The molecule has 0 atom stereocenters. The Morgan fingerprint density at radius 2 is 1.95 bits per heavy atom. The maximum absolute atomic E-state index is 4.56. The van der Waals surface area contributed by atoms with Gasteiger partial charge in [-0.15, -0.1) is 11.3 Å². The molecule has 0 bridgehead atoms. The van der Waals surface area contributed by atoms with E-state index in [0.29, 0.717) is 0 Å². The third-order valence-corrected chi connectivity index (χ3v) is 4.82. The van der Waals surface area contributed by atoms with Crippen LogP contribution in [-0.4, -0.2) is 18.1 Å². The van der Waals surface area contributed by atoms with Gasteiger partial charge in [0.05, 0.1) is 0 Å². The van der Waals surface area contributed by atoms with E-state index in [2.05, 4.69) is 44.8 Å². The summed E-state index contributed by atoms with van der Waals surface area (Å²) in [6.45, 7) is 4.15. The number of pyridine rings is 1. The molecule has 3 nitrogen and oxygen atoms in total. The van der Waals surface area contributed by atoms with E-state index in [1.54, 1.807) is 11.3 Å². The fourth-order valence-electron chi connectivity index (χ4n) is 2.79. The first-order valence-corrected chi connectivity index (χ1v) is 8.73. The summed E-state index contributed by atoms with van der Waals surface area (Å²) in [6, 6.07) is 8.63. The second-order valence-electron chi connectivity index (χ2n) is 5.61. The fourth-order valence-corrected chi connectivity index (χ4v) is 3.46. The lowest BCUT2D eigenvalue weighted by molar-refractivity contribution is 0.698. The summed E-state index contributed by atoms with van der Waals surface area (Å²) in [5.41, 5.74) is 1.32. The Balaban J connectivity index is 1.57. The molecule has 1 N–H and O–H groups in total. The van der Waals surface area contributed by atoms with Gasteiger partial charge in [-0.3, -0.25) is 0 Å². The van der Waals surface area contributed by atoms with E-state index in [9.17, 15) is 0 Å². The average molecular weight is 301 g/mol. The molecule has 0 spiro atoms. The molecule has 0 aliphatic carbocycles. The van der Waals surface area contributed by atoms with Gasteiger partial charge in [0.2, 0.25) is 0 Å². The van der Waals surface area contributed by atoms with E-state index in [-0.39, 0.29) is 0 Å². The molecule has 0 radical (unpaired) electrons. The standard InChI is InChI=1S/C17H23N3S/c1-2-4-10-20(9-3-1)17-12-15(7-8-19-17)13-18-14-16-6-5-11-21-16/h5-8,11-12,18H,1-4,9-10,13-14H2. The van der Waals surface area contributed by atoms with Crippen molar-refractivity contribution < 1.29 is 0 Å². The minimum Gasteiger partial charge on any atom is -0.357 e. The van der Waals surface area contributed by atoms with Crippen LogP contribution in [-0.2, 0) is 13.1 Å². The molecule has 0 aromatic carbocycles. The highest BCUT2D eigenvalue weighted by atomic mass is 32.1. The molecular formula is C17H23N3S. The first-order valence-electron chi connectivity index (χ1n) is 7.85. The predicted octanol–water partition coefficient (Wildman–Crippen LogP) is 3.81. The van der Waals surface area contributed by atoms with Crippen LogP contribution in [0.25, 0.3) is 0 Å². The van der Waals surface area contributed by atoms with Crippen LogP contribution in [0, 0.1) is 0 Å². The summed E-state index contributed by atoms with van der Waals surface area (Å²) in [7, 11) is 0. The lowest BCUT2D eigenvalue weighted by atomic mass is 10.2. The number of thiophene rings is 1. The van der Waals surface area contributed by atoms with Crippen LogP contribution in [0.1, 0.15) is 36.1 Å². The predicted molar refractivity (Wildman–Crippen MR) is 89.8 cm³/mol. The van der Waals surface area contributed by atoms with Gasteiger partial charge in [0, 0.05) is 37.3 Å². The third kappa shape index (κ3) is 4.29. The monoisotopic (exact) mass is 301 g/mol. The molecule has 0 amide bonds. The molecule has 112 valence electrons. The molecule has 3 heterocycles. The van der Waals surface area contributed by atoms with Crippen molar-refractivity contribution in [1.82, 2.24) is 10.3 Å². The van der Waals surface area contributed by atoms with Gasteiger partial charge in [0.15, 0.2) is 0 Å². The lowest BCUT2D eigenvalue weighted by Crippen LogP contribution is -2.25. The van der Waals surface area contributed by atoms with Gasteiger partial charge in [-0.25, -0.2) is 4.98 Å². The number of rotatable bonds is 5. The second-order valence-corrected chi connectivity index (χ2v) is 6.64. The number of hydrogen-bond acceptors (Lipinski definition) is 4. The average Bonchev–Trinajstić information content (AvgIpc) is 2.88. The molecule has 21 heavy (non-hydrogen) atoms. The van der Waals surface area contributed by atoms with Crippen LogP contribution in [0.2, 0.25) is 0 Å². The Morgan fingerprint density at radius 3 is 2.71 bits per heavy atom. The zero-order valence-corrected chi connectivity index (χ0v) is 13.2. The van der Waals surface area contributed by atoms with Gasteiger partial charge in [-0.2, -0.15) is 0 Å². The van der Waals surface area contributed by atoms with Gasteiger partial charge in [0.25, 0.3) is 0 Å². The van der Waals surface area contributed by atoms with Gasteiger partial charge in [0.1, 0.15) is 5.82 Å². The second kappa shape index (κ2) is 7.57. The zero-order chi connectivity index (χ0) is 14.3. The smallest absolute Gasteiger partial charge is 0.128 e. The van der Waals surface area contributed by atoms with Crippen molar-refractivity contribution in [2.24, 2.45) is 0 Å². The number of nitrogens with one attached hydrogen (secondary N) is 1. The van der Waals surface area contributed by atoms with Crippen molar-refractivity contribution in [2.75, 3.05) is 18.0 Å². The van der Waals surface area contributed by atoms with E-state index < -0.39 is 0 Å². The van der Waals surface area contributed by atoms with Crippen molar-refractivity contribution in [3.05, 3.63) is 46.3 Å². The number of hydrogen-bond donors (Lipinski definition) is 1. The molecule has 1 fully saturated rings. The Hall–Kier alpha value is -1.39. The van der Waals surface area contributed by atoms with Crippen LogP contribution in [0.3, 0.4) is 0 Å². The van der Waals surface area contributed by atoms with Crippen molar-refractivity contribution in [3.8, 4) is 0 Å². The summed E-state index contributed by atoms with van der Waals surface area (Å²) >= 11 is 1.80. The quantitative estimate of drug-likeness (QED) is 0.910. The van der Waals surface area contributed by atoms with Crippen molar-refractivity contribution >= 4 is 17.2 Å². The van der Waals surface area contributed by atoms with Gasteiger partial charge in [-0.05, 0) is 42.0 Å². The minimum absolute atomic E-state index is 0.904. The SMILES string of the molecule is c1csc(CNCc2ccnc(N3CCCCCC3)c2)c1. The van der Waals surface area contributed by atoms with Crippen LogP contribution in [0.4, 0.5) is 5.82 Å².